The number of aromatic nitrogens is 1. The lowest BCUT2D eigenvalue weighted by atomic mass is 9.95. The molecular weight excluding hydrogens is 524 g/mol. The molecule has 5 rings (SSSR count). The Hall–Kier alpha value is -2.89. The van der Waals surface area contributed by atoms with Gasteiger partial charge in [0.1, 0.15) is 23.3 Å². The molecule has 0 amide bonds. The summed E-state index contributed by atoms with van der Waals surface area (Å²) in [5, 5.41) is 15.9. The molecule has 2 saturated heterocycles. The van der Waals surface area contributed by atoms with Gasteiger partial charge in [-0.3, -0.25) is 15.0 Å². The van der Waals surface area contributed by atoms with Crippen molar-refractivity contribution in [3.63, 3.8) is 0 Å². The van der Waals surface area contributed by atoms with Gasteiger partial charge in [-0.15, -0.1) is 0 Å². The van der Waals surface area contributed by atoms with Gasteiger partial charge in [-0.25, -0.2) is 0 Å². The first-order valence-corrected chi connectivity index (χ1v) is 14.8. The van der Waals surface area contributed by atoms with E-state index in [-0.39, 0.29) is 12.1 Å². The monoisotopic (exact) mass is 568 g/mol. The second-order valence-electron chi connectivity index (χ2n) is 10.9. The predicted molar refractivity (Wildman–Crippen MR) is 159 cm³/mol. The number of benzene rings is 1. The number of fused-ring (bicyclic) bond motifs is 1. The number of aliphatic hydroxyl groups excluding tert-OH is 1. The Kier molecular flexibility index (Phi) is 9.67. The van der Waals surface area contributed by atoms with Crippen molar-refractivity contribution >= 4 is 16.7 Å². The van der Waals surface area contributed by atoms with Crippen LogP contribution in [0.2, 0.25) is 0 Å². The van der Waals surface area contributed by atoms with Crippen LogP contribution in [-0.4, -0.2) is 74.2 Å². The highest BCUT2D eigenvalue weighted by molar-refractivity contribution is 5.88. The Labute approximate surface area is 241 Å². The average Bonchev–Trinajstić information content (AvgIpc) is 3.38. The predicted octanol–water partition coefficient (Wildman–Crippen LogP) is 3.62. The number of hydrogen-bond acceptors (Lipinski definition) is 9. The third-order valence-electron chi connectivity index (χ3n) is 8.32. The maximum atomic E-state index is 12.8. The number of morpholine rings is 1. The summed E-state index contributed by atoms with van der Waals surface area (Å²) in [5.74, 6) is 1.36. The van der Waals surface area contributed by atoms with E-state index < -0.39 is 6.23 Å². The molecule has 41 heavy (non-hydrogen) atoms. The van der Waals surface area contributed by atoms with Crippen LogP contribution in [0.1, 0.15) is 61.1 Å². The SMILES string of the molecule is CCc1c(N(CC)C2CCOCC2)cc2oc(CN3CCOCC3)cc2c1C(O)NCc1c(OC)cc(C)[nH]c1=O. The molecule has 0 aliphatic carbocycles. The van der Waals surface area contributed by atoms with Crippen LogP contribution < -0.4 is 20.5 Å². The molecule has 1 unspecified atom stereocenters. The van der Waals surface area contributed by atoms with Gasteiger partial charge in [0.2, 0.25) is 0 Å². The first kappa shape index (κ1) is 29.6. The minimum absolute atomic E-state index is 0.144. The van der Waals surface area contributed by atoms with Gasteiger partial charge in [0, 0.05) is 73.8 Å². The number of aromatic amines is 1. The molecule has 2 aliphatic heterocycles. The van der Waals surface area contributed by atoms with E-state index in [4.69, 9.17) is 18.6 Å². The van der Waals surface area contributed by atoms with Crippen LogP contribution >= 0.6 is 0 Å². The molecule has 0 radical (unpaired) electrons. The molecule has 224 valence electrons. The summed E-state index contributed by atoms with van der Waals surface area (Å²) in [4.78, 5) is 20.4. The van der Waals surface area contributed by atoms with E-state index in [9.17, 15) is 9.90 Å². The molecule has 2 aromatic heterocycles. The van der Waals surface area contributed by atoms with E-state index in [1.54, 1.807) is 13.2 Å². The number of hydrogen-bond donors (Lipinski definition) is 3. The van der Waals surface area contributed by atoms with Gasteiger partial charge >= 0.3 is 0 Å². The lowest BCUT2D eigenvalue weighted by Gasteiger charge is -2.37. The molecule has 0 bridgehead atoms. The van der Waals surface area contributed by atoms with Crippen molar-refractivity contribution < 1.29 is 23.7 Å². The smallest absolute Gasteiger partial charge is 0.256 e. The Morgan fingerprint density at radius 2 is 1.85 bits per heavy atom. The molecule has 10 heteroatoms. The molecule has 1 aromatic carbocycles. The van der Waals surface area contributed by atoms with E-state index in [1.807, 2.05) is 6.92 Å². The van der Waals surface area contributed by atoms with E-state index in [1.165, 1.54) is 0 Å². The Bertz CT molecular complexity index is 1370. The molecule has 2 fully saturated rings. The summed E-state index contributed by atoms with van der Waals surface area (Å²) in [6.45, 7) is 12.4. The highest BCUT2D eigenvalue weighted by Crippen LogP contribution is 2.39. The molecule has 0 spiro atoms. The molecule has 0 saturated carbocycles. The normalized spacial score (nSPS) is 17.7. The summed E-state index contributed by atoms with van der Waals surface area (Å²) in [5.41, 5.74) is 4.65. The standard InChI is InChI=1S/C31H44N4O6/c1-5-23-26(35(6-2)21-7-11-39-12-8-21)17-28-24(16-22(41-28)19-34-9-13-40-14-10-34)29(23)31(37)32-18-25-27(38-4)15-20(3)33-30(25)36/h15-17,21,31-32,37H,5-14,18-19H2,1-4H3,(H,33,36). The summed E-state index contributed by atoms with van der Waals surface area (Å²) < 4.78 is 23.1. The topological polar surface area (TPSA) is 112 Å². The highest BCUT2D eigenvalue weighted by atomic mass is 16.5. The fraction of sp³-hybridized carbons (Fsp3) is 0.581. The number of anilines is 1. The Morgan fingerprint density at radius 3 is 2.54 bits per heavy atom. The Morgan fingerprint density at radius 1 is 1.12 bits per heavy atom. The lowest BCUT2D eigenvalue weighted by Crippen LogP contribution is -2.40. The molecule has 2 aliphatic rings. The average molecular weight is 569 g/mol. The fourth-order valence-corrected chi connectivity index (χ4v) is 6.24. The van der Waals surface area contributed by atoms with Gasteiger partial charge in [0.25, 0.3) is 5.56 Å². The molecule has 4 heterocycles. The second kappa shape index (κ2) is 13.4. The number of ether oxygens (including phenoxy) is 3. The first-order chi connectivity index (χ1) is 19.9. The first-order valence-electron chi connectivity index (χ1n) is 14.8. The quantitative estimate of drug-likeness (QED) is 0.299. The Balaban J connectivity index is 1.55. The van der Waals surface area contributed by atoms with Crippen molar-refractivity contribution in [2.24, 2.45) is 0 Å². The van der Waals surface area contributed by atoms with Crippen LogP contribution in [0.15, 0.2) is 27.4 Å². The second-order valence-corrected chi connectivity index (χ2v) is 10.9. The molecule has 1 atom stereocenters. The molecule has 3 N–H and O–H groups in total. The molecule has 10 nitrogen and oxygen atoms in total. The van der Waals surface area contributed by atoms with Gasteiger partial charge < -0.3 is 33.6 Å². The summed E-state index contributed by atoms with van der Waals surface area (Å²) in [6.07, 6.45) is 1.63. The van der Waals surface area contributed by atoms with Crippen LogP contribution in [0.4, 0.5) is 5.69 Å². The third-order valence-corrected chi connectivity index (χ3v) is 8.32. The van der Waals surface area contributed by atoms with Crippen LogP contribution in [0.3, 0.4) is 0 Å². The minimum Gasteiger partial charge on any atom is -0.496 e. The maximum Gasteiger partial charge on any atom is 0.256 e. The van der Waals surface area contributed by atoms with E-state index in [0.29, 0.717) is 23.9 Å². The van der Waals surface area contributed by atoms with Crippen molar-refractivity contribution in [1.82, 2.24) is 15.2 Å². The van der Waals surface area contributed by atoms with Crippen molar-refractivity contribution in [1.29, 1.82) is 0 Å². The number of pyridine rings is 1. The number of methoxy groups -OCH3 is 1. The lowest BCUT2D eigenvalue weighted by molar-refractivity contribution is 0.0315. The van der Waals surface area contributed by atoms with E-state index >= 15 is 0 Å². The van der Waals surface area contributed by atoms with Crippen LogP contribution in [-0.2, 0) is 29.0 Å². The minimum atomic E-state index is -1.03. The van der Waals surface area contributed by atoms with Gasteiger partial charge in [0.15, 0.2) is 0 Å². The number of nitrogens with zero attached hydrogens (tertiary/aromatic N) is 2. The van der Waals surface area contributed by atoms with Crippen molar-refractivity contribution in [2.75, 3.05) is 58.1 Å². The van der Waals surface area contributed by atoms with Crippen molar-refractivity contribution in [3.8, 4) is 5.75 Å². The third kappa shape index (κ3) is 6.47. The van der Waals surface area contributed by atoms with E-state index in [0.717, 1.165) is 105 Å². The number of nitrogens with one attached hydrogen (secondary N) is 2. The fourth-order valence-electron chi connectivity index (χ4n) is 6.24. The maximum absolute atomic E-state index is 12.8. The van der Waals surface area contributed by atoms with Crippen molar-refractivity contribution in [2.45, 2.75) is 65.4 Å². The summed E-state index contributed by atoms with van der Waals surface area (Å²) in [6, 6.07) is 6.37. The summed E-state index contributed by atoms with van der Waals surface area (Å²) in [7, 11) is 1.55. The summed E-state index contributed by atoms with van der Waals surface area (Å²) >= 11 is 0. The number of rotatable bonds is 11. The van der Waals surface area contributed by atoms with E-state index in [2.05, 4.69) is 46.1 Å². The van der Waals surface area contributed by atoms with Crippen LogP contribution in [0.5, 0.6) is 5.75 Å². The largest absolute Gasteiger partial charge is 0.496 e. The van der Waals surface area contributed by atoms with Crippen LogP contribution in [0, 0.1) is 6.92 Å². The van der Waals surface area contributed by atoms with Gasteiger partial charge in [-0.05, 0) is 50.8 Å². The number of furan rings is 1. The van der Waals surface area contributed by atoms with Gasteiger partial charge in [-0.2, -0.15) is 0 Å². The number of aryl methyl sites for hydroxylation is 1. The van der Waals surface area contributed by atoms with Crippen LogP contribution in [0.25, 0.3) is 11.0 Å². The zero-order valence-corrected chi connectivity index (χ0v) is 24.8. The molecular formula is C31H44N4O6. The highest BCUT2D eigenvalue weighted by Gasteiger charge is 2.28. The number of aliphatic hydroxyl groups is 1. The van der Waals surface area contributed by atoms with Crippen molar-refractivity contribution in [3.05, 3.63) is 56.7 Å². The number of H-pyrrole nitrogens is 1. The van der Waals surface area contributed by atoms with Gasteiger partial charge in [0.05, 0.1) is 32.4 Å². The molecule has 3 aromatic rings. The van der Waals surface area contributed by atoms with Gasteiger partial charge in [-0.1, -0.05) is 6.92 Å². The zero-order chi connectivity index (χ0) is 28.9. The zero-order valence-electron chi connectivity index (χ0n) is 24.8.